The molecule has 1 fully saturated rings. The Labute approximate surface area is 146 Å². The van der Waals surface area contributed by atoms with Gasteiger partial charge in [-0.15, -0.1) is 0 Å². The van der Waals surface area contributed by atoms with E-state index in [0.717, 1.165) is 44.7 Å². The SMILES string of the molecule is CNCC1CCCN(C(=O)CCc2c(C)nn(CC(C)C)c2C)C1. The Morgan fingerprint density at radius 3 is 2.79 bits per heavy atom. The lowest BCUT2D eigenvalue weighted by Gasteiger charge is -2.32. The van der Waals surface area contributed by atoms with Crippen LogP contribution in [0.1, 0.15) is 50.1 Å². The van der Waals surface area contributed by atoms with E-state index in [9.17, 15) is 4.79 Å². The molecule has 1 N–H and O–H groups in total. The lowest BCUT2D eigenvalue weighted by atomic mass is 9.97. The summed E-state index contributed by atoms with van der Waals surface area (Å²) in [4.78, 5) is 14.7. The summed E-state index contributed by atoms with van der Waals surface area (Å²) < 4.78 is 2.10. The van der Waals surface area contributed by atoms with E-state index < -0.39 is 0 Å². The molecule has 5 nitrogen and oxygen atoms in total. The predicted octanol–water partition coefficient (Wildman–Crippen LogP) is 2.55. The minimum Gasteiger partial charge on any atom is -0.342 e. The normalized spacial score (nSPS) is 18.4. The molecule has 0 spiro atoms. The van der Waals surface area contributed by atoms with Crippen LogP contribution >= 0.6 is 0 Å². The van der Waals surface area contributed by atoms with Crippen LogP contribution in [0, 0.1) is 25.7 Å². The van der Waals surface area contributed by atoms with Gasteiger partial charge in [0.25, 0.3) is 0 Å². The van der Waals surface area contributed by atoms with Gasteiger partial charge >= 0.3 is 0 Å². The van der Waals surface area contributed by atoms with Gasteiger partial charge in [0.1, 0.15) is 0 Å². The summed E-state index contributed by atoms with van der Waals surface area (Å²) in [6, 6.07) is 0. The minimum atomic E-state index is 0.297. The van der Waals surface area contributed by atoms with Crippen molar-refractivity contribution in [2.75, 3.05) is 26.7 Å². The van der Waals surface area contributed by atoms with Crippen molar-refractivity contribution >= 4 is 5.91 Å². The van der Waals surface area contributed by atoms with Crippen molar-refractivity contribution in [1.82, 2.24) is 20.0 Å². The second kappa shape index (κ2) is 8.65. The van der Waals surface area contributed by atoms with Crippen LogP contribution in [-0.2, 0) is 17.8 Å². The summed E-state index contributed by atoms with van der Waals surface area (Å²) in [6.45, 7) is 12.4. The molecule has 1 aromatic rings. The van der Waals surface area contributed by atoms with E-state index in [1.54, 1.807) is 0 Å². The Hall–Kier alpha value is -1.36. The van der Waals surface area contributed by atoms with E-state index in [4.69, 9.17) is 0 Å². The Morgan fingerprint density at radius 2 is 2.12 bits per heavy atom. The molecule has 2 heterocycles. The van der Waals surface area contributed by atoms with Crippen molar-refractivity contribution in [1.29, 1.82) is 0 Å². The minimum absolute atomic E-state index is 0.297. The number of amides is 1. The molecule has 5 heteroatoms. The number of likely N-dealkylation sites (tertiary alicyclic amines) is 1. The second-order valence-corrected chi connectivity index (χ2v) is 7.63. The predicted molar refractivity (Wildman–Crippen MR) is 98.1 cm³/mol. The molecule has 1 amide bonds. The van der Waals surface area contributed by atoms with Gasteiger partial charge in [0.15, 0.2) is 0 Å². The monoisotopic (exact) mass is 334 g/mol. The molecule has 0 radical (unpaired) electrons. The zero-order valence-corrected chi connectivity index (χ0v) is 16.1. The molecule has 1 aliphatic rings. The molecule has 24 heavy (non-hydrogen) atoms. The Balaban J connectivity index is 1.93. The van der Waals surface area contributed by atoms with Crippen LogP contribution in [-0.4, -0.2) is 47.3 Å². The van der Waals surface area contributed by atoms with E-state index in [2.05, 4.69) is 47.7 Å². The first-order chi connectivity index (χ1) is 11.4. The number of aryl methyl sites for hydroxylation is 1. The van der Waals surface area contributed by atoms with Gasteiger partial charge in [0.2, 0.25) is 5.91 Å². The Morgan fingerprint density at radius 1 is 1.38 bits per heavy atom. The largest absolute Gasteiger partial charge is 0.342 e. The molecule has 136 valence electrons. The van der Waals surface area contributed by atoms with Crippen LogP contribution in [0.15, 0.2) is 0 Å². The first kappa shape index (κ1) is 19.0. The van der Waals surface area contributed by atoms with E-state index in [1.165, 1.54) is 17.7 Å². The van der Waals surface area contributed by atoms with Crippen LogP contribution < -0.4 is 5.32 Å². The summed E-state index contributed by atoms with van der Waals surface area (Å²) in [6.07, 6.45) is 3.76. The van der Waals surface area contributed by atoms with E-state index in [-0.39, 0.29) is 0 Å². The zero-order chi connectivity index (χ0) is 17.7. The lowest BCUT2D eigenvalue weighted by molar-refractivity contribution is -0.132. The first-order valence-corrected chi connectivity index (χ1v) is 9.37. The molecule has 1 aliphatic heterocycles. The van der Waals surface area contributed by atoms with Crippen LogP contribution in [0.4, 0.5) is 0 Å². The van der Waals surface area contributed by atoms with Gasteiger partial charge in [-0.3, -0.25) is 9.48 Å². The molecule has 0 aliphatic carbocycles. The van der Waals surface area contributed by atoms with Crippen LogP contribution in [0.2, 0.25) is 0 Å². The highest BCUT2D eigenvalue weighted by atomic mass is 16.2. The maximum absolute atomic E-state index is 12.6. The summed E-state index contributed by atoms with van der Waals surface area (Å²) in [5, 5.41) is 7.90. The van der Waals surface area contributed by atoms with Crippen molar-refractivity contribution in [3.63, 3.8) is 0 Å². The zero-order valence-electron chi connectivity index (χ0n) is 16.1. The maximum atomic E-state index is 12.6. The molecule has 0 aromatic carbocycles. The molecular weight excluding hydrogens is 300 g/mol. The number of carbonyl (C=O) groups excluding carboxylic acids is 1. The van der Waals surface area contributed by atoms with Crippen molar-refractivity contribution in [3.05, 3.63) is 17.0 Å². The van der Waals surface area contributed by atoms with Gasteiger partial charge in [-0.1, -0.05) is 13.8 Å². The fourth-order valence-electron chi connectivity index (χ4n) is 3.76. The van der Waals surface area contributed by atoms with Gasteiger partial charge in [-0.25, -0.2) is 0 Å². The number of rotatable bonds is 7. The highest BCUT2D eigenvalue weighted by Crippen LogP contribution is 2.20. The number of hydrogen-bond acceptors (Lipinski definition) is 3. The fourth-order valence-corrected chi connectivity index (χ4v) is 3.76. The molecule has 2 rings (SSSR count). The number of aromatic nitrogens is 2. The highest BCUT2D eigenvalue weighted by molar-refractivity contribution is 5.76. The molecule has 0 bridgehead atoms. The van der Waals surface area contributed by atoms with E-state index in [0.29, 0.717) is 24.2 Å². The molecule has 1 unspecified atom stereocenters. The topological polar surface area (TPSA) is 50.2 Å². The summed E-state index contributed by atoms with van der Waals surface area (Å²) in [7, 11) is 1.99. The molecule has 1 aromatic heterocycles. The highest BCUT2D eigenvalue weighted by Gasteiger charge is 2.23. The summed E-state index contributed by atoms with van der Waals surface area (Å²) in [5.41, 5.74) is 3.56. The summed E-state index contributed by atoms with van der Waals surface area (Å²) >= 11 is 0. The maximum Gasteiger partial charge on any atom is 0.222 e. The Kier molecular flexibility index (Phi) is 6.84. The quantitative estimate of drug-likeness (QED) is 0.834. The lowest BCUT2D eigenvalue weighted by Crippen LogP contribution is -2.42. The smallest absolute Gasteiger partial charge is 0.222 e. The molecule has 0 saturated carbocycles. The third-order valence-corrected chi connectivity index (χ3v) is 5.02. The van der Waals surface area contributed by atoms with Crippen LogP contribution in [0.5, 0.6) is 0 Å². The number of nitrogens with zero attached hydrogens (tertiary/aromatic N) is 3. The van der Waals surface area contributed by atoms with Crippen molar-refractivity contribution in [2.45, 2.75) is 59.9 Å². The third kappa shape index (κ3) is 4.82. The van der Waals surface area contributed by atoms with Crippen LogP contribution in [0.25, 0.3) is 0 Å². The first-order valence-electron chi connectivity index (χ1n) is 9.37. The van der Waals surface area contributed by atoms with Crippen LogP contribution in [0.3, 0.4) is 0 Å². The van der Waals surface area contributed by atoms with Gasteiger partial charge in [-0.05, 0) is 64.1 Å². The average molecular weight is 335 g/mol. The van der Waals surface area contributed by atoms with Gasteiger partial charge in [0, 0.05) is 31.7 Å². The standard InChI is InChI=1S/C19H34N4O/c1-14(2)12-23-16(4)18(15(3)21-23)8-9-19(24)22-10-6-7-17(13-22)11-20-5/h14,17,20H,6-13H2,1-5H3. The van der Waals surface area contributed by atoms with Gasteiger partial charge < -0.3 is 10.2 Å². The average Bonchev–Trinajstić information content (AvgIpc) is 2.79. The second-order valence-electron chi connectivity index (χ2n) is 7.63. The number of hydrogen-bond donors (Lipinski definition) is 1. The van der Waals surface area contributed by atoms with Crippen molar-refractivity contribution in [3.8, 4) is 0 Å². The van der Waals surface area contributed by atoms with Crippen molar-refractivity contribution in [2.24, 2.45) is 11.8 Å². The van der Waals surface area contributed by atoms with Crippen molar-refractivity contribution < 1.29 is 4.79 Å². The number of nitrogens with one attached hydrogen (secondary N) is 1. The van der Waals surface area contributed by atoms with E-state index >= 15 is 0 Å². The summed E-state index contributed by atoms with van der Waals surface area (Å²) in [5.74, 6) is 1.48. The van der Waals surface area contributed by atoms with Gasteiger partial charge in [0.05, 0.1) is 5.69 Å². The molecular formula is C19H34N4O. The van der Waals surface area contributed by atoms with E-state index in [1.807, 2.05) is 7.05 Å². The third-order valence-electron chi connectivity index (χ3n) is 5.02. The molecule has 1 saturated heterocycles. The number of piperidine rings is 1. The number of carbonyl (C=O) groups is 1. The Bertz CT molecular complexity index is 548. The molecule has 1 atom stereocenters. The fraction of sp³-hybridized carbons (Fsp3) is 0.789. The van der Waals surface area contributed by atoms with Gasteiger partial charge in [-0.2, -0.15) is 5.10 Å².